The van der Waals surface area contributed by atoms with E-state index in [2.05, 4.69) is 4.74 Å². The molecular weight excluding hydrogens is 309 g/mol. The smallest absolute Gasteiger partial charge is 0.416 e. The summed E-state index contributed by atoms with van der Waals surface area (Å²) in [6, 6.07) is 3.40. The van der Waals surface area contributed by atoms with Crippen molar-refractivity contribution in [2.24, 2.45) is 5.92 Å². The van der Waals surface area contributed by atoms with Gasteiger partial charge in [-0.1, -0.05) is 6.07 Å². The third-order valence-electron chi connectivity index (χ3n) is 3.31. The van der Waals surface area contributed by atoms with E-state index in [9.17, 15) is 26.4 Å². The summed E-state index contributed by atoms with van der Waals surface area (Å²) in [7, 11) is -3.15. The van der Waals surface area contributed by atoms with Crippen molar-refractivity contribution in [2.45, 2.75) is 29.2 Å². The summed E-state index contributed by atoms with van der Waals surface area (Å²) in [5.41, 5.74) is -1.07. The molecule has 0 bridgehead atoms. The molecule has 0 amide bonds. The zero-order valence-electron chi connectivity index (χ0n) is 11.1. The summed E-state index contributed by atoms with van der Waals surface area (Å²) in [4.78, 5) is 11.2. The van der Waals surface area contributed by atoms with Crippen LogP contribution in [0, 0.1) is 5.92 Å². The van der Waals surface area contributed by atoms with Gasteiger partial charge in [-0.05, 0) is 37.0 Å². The van der Waals surface area contributed by atoms with Crippen molar-refractivity contribution in [2.75, 3.05) is 7.11 Å². The van der Waals surface area contributed by atoms with E-state index in [1.165, 1.54) is 0 Å². The lowest BCUT2D eigenvalue weighted by Crippen LogP contribution is -2.33. The van der Waals surface area contributed by atoms with Crippen LogP contribution in [0.5, 0.6) is 0 Å². The number of esters is 1. The van der Waals surface area contributed by atoms with Gasteiger partial charge in [-0.2, -0.15) is 13.2 Å². The number of hydrogen-bond acceptors (Lipinski definition) is 4. The summed E-state index contributed by atoms with van der Waals surface area (Å²) >= 11 is 0. The quantitative estimate of drug-likeness (QED) is 0.799. The van der Waals surface area contributed by atoms with Gasteiger partial charge in [-0.3, -0.25) is 4.79 Å². The van der Waals surface area contributed by atoms with Crippen molar-refractivity contribution in [1.29, 1.82) is 0 Å². The summed E-state index contributed by atoms with van der Waals surface area (Å²) in [5, 5.41) is -1.44. The largest absolute Gasteiger partial charge is 0.468 e. The third-order valence-corrected chi connectivity index (χ3v) is 5.46. The Labute approximate surface area is 119 Å². The molecule has 0 saturated heterocycles. The Morgan fingerprint density at radius 2 is 1.95 bits per heavy atom. The highest BCUT2D eigenvalue weighted by Crippen LogP contribution is 2.40. The number of benzene rings is 1. The number of halogens is 3. The average Bonchev–Trinajstić information content (AvgIpc) is 3.22. The van der Waals surface area contributed by atoms with Crippen LogP contribution < -0.4 is 0 Å². The standard InChI is InChI=1S/C13H13F3O4S/c1-20-12(17)11(8-5-6-8)21(18,19)10-4-2-3-9(7-10)13(14,15)16/h2-4,7-8,11H,5-6H2,1H3. The molecular formula is C13H13F3O4S. The molecule has 0 radical (unpaired) electrons. The maximum absolute atomic E-state index is 12.7. The van der Waals surface area contributed by atoms with Gasteiger partial charge in [0, 0.05) is 0 Å². The molecule has 1 saturated carbocycles. The number of carbonyl (C=O) groups is 1. The van der Waals surface area contributed by atoms with Crippen molar-refractivity contribution in [3.63, 3.8) is 0 Å². The number of alkyl halides is 3. The maximum Gasteiger partial charge on any atom is 0.416 e. The minimum Gasteiger partial charge on any atom is -0.468 e. The summed E-state index contributed by atoms with van der Waals surface area (Å²) in [6.07, 6.45) is -3.57. The van der Waals surface area contributed by atoms with Gasteiger partial charge in [0.2, 0.25) is 0 Å². The number of ether oxygens (including phenoxy) is 1. The number of methoxy groups -OCH3 is 1. The van der Waals surface area contributed by atoms with Crippen LogP contribution >= 0.6 is 0 Å². The fraction of sp³-hybridized carbons (Fsp3) is 0.462. The fourth-order valence-corrected chi connectivity index (χ4v) is 4.06. The molecule has 2 rings (SSSR count). The van der Waals surface area contributed by atoms with E-state index in [0.29, 0.717) is 18.9 Å². The van der Waals surface area contributed by atoms with Crippen LogP contribution in [0.25, 0.3) is 0 Å². The predicted octanol–water partition coefficient (Wildman–Crippen LogP) is 2.43. The monoisotopic (exact) mass is 322 g/mol. The number of hydrogen-bond donors (Lipinski definition) is 0. The van der Waals surface area contributed by atoms with Gasteiger partial charge in [-0.25, -0.2) is 8.42 Å². The summed E-state index contributed by atoms with van der Waals surface area (Å²) in [6.45, 7) is 0. The molecule has 0 aromatic heterocycles. The minimum absolute atomic E-state index is 0.392. The van der Waals surface area contributed by atoms with Gasteiger partial charge < -0.3 is 4.74 Å². The number of rotatable bonds is 4. The highest BCUT2D eigenvalue weighted by atomic mass is 32.2. The lowest BCUT2D eigenvalue weighted by atomic mass is 10.2. The second-order valence-corrected chi connectivity index (χ2v) is 6.92. The normalized spacial score (nSPS) is 17.3. The first-order chi connectivity index (χ1) is 9.67. The first-order valence-electron chi connectivity index (χ1n) is 6.17. The van der Waals surface area contributed by atoms with Gasteiger partial charge in [0.05, 0.1) is 17.6 Å². The second kappa shape index (κ2) is 5.32. The van der Waals surface area contributed by atoms with E-state index in [0.717, 1.165) is 25.3 Å². The fourth-order valence-electron chi connectivity index (χ4n) is 2.08. The first-order valence-corrected chi connectivity index (χ1v) is 7.71. The van der Waals surface area contributed by atoms with Gasteiger partial charge in [0.15, 0.2) is 15.1 Å². The molecule has 1 aliphatic rings. The number of carbonyl (C=O) groups excluding carboxylic acids is 1. The predicted molar refractivity (Wildman–Crippen MR) is 67.2 cm³/mol. The molecule has 1 aliphatic carbocycles. The molecule has 1 unspecified atom stereocenters. The van der Waals surface area contributed by atoms with Gasteiger partial charge in [0.1, 0.15) is 0 Å². The molecule has 0 N–H and O–H groups in total. The maximum atomic E-state index is 12.7. The van der Waals surface area contributed by atoms with E-state index < -0.39 is 43.6 Å². The van der Waals surface area contributed by atoms with Crippen LogP contribution in [-0.2, 0) is 25.5 Å². The van der Waals surface area contributed by atoms with E-state index in [4.69, 9.17) is 0 Å². The average molecular weight is 322 g/mol. The molecule has 0 aliphatic heterocycles. The minimum atomic E-state index is -4.65. The zero-order valence-corrected chi connectivity index (χ0v) is 11.9. The SMILES string of the molecule is COC(=O)C(C1CC1)S(=O)(=O)c1cccc(C(F)(F)F)c1. The Balaban J connectivity index is 2.45. The van der Waals surface area contributed by atoms with E-state index >= 15 is 0 Å². The molecule has 21 heavy (non-hydrogen) atoms. The Hall–Kier alpha value is -1.57. The van der Waals surface area contributed by atoms with Crippen LogP contribution in [-0.4, -0.2) is 26.7 Å². The molecule has 0 heterocycles. The van der Waals surface area contributed by atoms with Crippen LogP contribution in [0.15, 0.2) is 29.2 Å². The Kier molecular flexibility index (Phi) is 4.01. The molecule has 1 aromatic carbocycles. The Bertz CT molecular complexity index is 648. The highest BCUT2D eigenvalue weighted by molar-refractivity contribution is 7.92. The Morgan fingerprint density at radius 1 is 1.33 bits per heavy atom. The van der Waals surface area contributed by atoms with Crippen LogP contribution in [0.2, 0.25) is 0 Å². The second-order valence-electron chi connectivity index (χ2n) is 4.85. The molecule has 8 heteroatoms. The van der Waals surface area contributed by atoms with Crippen LogP contribution in [0.4, 0.5) is 13.2 Å². The molecule has 0 spiro atoms. The molecule has 1 aromatic rings. The van der Waals surface area contributed by atoms with Gasteiger partial charge >= 0.3 is 12.1 Å². The van der Waals surface area contributed by atoms with E-state index in [-0.39, 0.29) is 0 Å². The summed E-state index contributed by atoms with van der Waals surface area (Å²) in [5.74, 6) is -1.33. The first kappa shape index (κ1) is 15.8. The van der Waals surface area contributed by atoms with E-state index in [1.807, 2.05) is 0 Å². The lowest BCUT2D eigenvalue weighted by Gasteiger charge is -2.16. The van der Waals surface area contributed by atoms with Crippen molar-refractivity contribution in [3.05, 3.63) is 29.8 Å². The van der Waals surface area contributed by atoms with Crippen molar-refractivity contribution >= 4 is 15.8 Å². The summed E-state index contributed by atoms with van der Waals surface area (Å²) < 4.78 is 67.3. The van der Waals surface area contributed by atoms with Crippen LogP contribution in [0.3, 0.4) is 0 Å². The Morgan fingerprint density at radius 3 is 2.43 bits per heavy atom. The molecule has 116 valence electrons. The van der Waals surface area contributed by atoms with Crippen molar-refractivity contribution < 1.29 is 31.1 Å². The number of sulfone groups is 1. The van der Waals surface area contributed by atoms with Gasteiger partial charge in [0.25, 0.3) is 0 Å². The zero-order chi connectivity index (χ0) is 15.8. The van der Waals surface area contributed by atoms with Gasteiger partial charge in [-0.15, -0.1) is 0 Å². The highest BCUT2D eigenvalue weighted by Gasteiger charge is 2.47. The van der Waals surface area contributed by atoms with E-state index in [1.54, 1.807) is 0 Å². The molecule has 1 atom stereocenters. The van der Waals surface area contributed by atoms with Crippen molar-refractivity contribution in [3.8, 4) is 0 Å². The lowest BCUT2D eigenvalue weighted by molar-refractivity contribution is -0.140. The van der Waals surface area contributed by atoms with Crippen LogP contribution in [0.1, 0.15) is 18.4 Å². The van der Waals surface area contributed by atoms with Crippen molar-refractivity contribution in [1.82, 2.24) is 0 Å². The molecule has 4 nitrogen and oxygen atoms in total. The third kappa shape index (κ3) is 3.20. The topological polar surface area (TPSA) is 60.4 Å². The molecule has 1 fully saturated rings.